The summed E-state index contributed by atoms with van der Waals surface area (Å²) in [5.74, 6) is 0. The summed E-state index contributed by atoms with van der Waals surface area (Å²) < 4.78 is 0. The Kier molecular flexibility index (Phi) is 3.60. The molecular formula is C14H13Cl2N. The molecule has 2 aromatic carbocycles. The van der Waals surface area contributed by atoms with E-state index in [9.17, 15) is 0 Å². The molecular weight excluding hydrogens is 253 g/mol. The average Bonchev–Trinajstić information content (AvgIpc) is 2.33. The summed E-state index contributed by atoms with van der Waals surface area (Å²) >= 11 is 12.3. The van der Waals surface area contributed by atoms with Crippen LogP contribution in [0.1, 0.15) is 0 Å². The summed E-state index contributed by atoms with van der Waals surface area (Å²) in [5.41, 5.74) is 3.17. The van der Waals surface area contributed by atoms with E-state index in [1.165, 1.54) is 0 Å². The van der Waals surface area contributed by atoms with E-state index < -0.39 is 0 Å². The Bertz CT molecular complexity index is 535. The minimum Gasteiger partial charge on any atom is -0.377 e. The van der Waals surface area contributed by atoms with Crippen LogP contribution in [0.2, 0.25) is 10.0 Å². The van der Waals surface area contributed by atoms with Gasteiger partial charge in [0.15, 0.2) is 0 Å². The second-order valence-electron chi connectivity index (χ2n) is 4.01. The van der Waals surface area contributed by atoms with E-state index in [1.807, 2.05) is 44.4 Å². The van der Waals surface area contributed by atoms with Crippen molar-refractivity contribution in [3.05, 3.63) is 52.5 Å². The number of benzene rings is 2. The van der Waals surface area contributed by atoms with E-state index in [2.05, 4.69) is 11.0 Å². The maximum absolute atomic E-state index is 6.25. The van der Waals surface area contributed by atoms with E-state index in [0.717, 1.165) is 16.8 Å². The SMILES string of the molecule is CN(C)c1ccccc1-c1cccc(Cl)c1Cl. The molecule has 2 rings (SSSR count). The Morgan fingerprint density at radius 2 is 1.47 bits per heavy atom. The van der Waals surface area contributed by atoms with Gasteiger partial charge in [-0.25, -0.2) is 0 Å². The van der Waals surface area contributed by atoms with Crippen molar-refractivity contribution in [3.63, 3.8) is 0 Å². The molecule has 0 aliphatic heterocycles. The third-order valence-electron chi connectivity index (χ3n) is 2.63. The van der Waals surface area contributed by atoms with Gasteiger partial charge in [0, 0.05) is 30.9 Å². The van der Waals surface area contributed by atoms with Gasteiger partial charge in [-0.2, -0.15) is 0 Å². The molecule has 0 N–H and O–H groups in total. The first kappa shape index (κ1) is 12.3. The van der Waals surface area contributed by atoms with Crippen molar-refractivity contribution in [2.24, 2.45) is 0 Å². The molecule has 0 atom stereocenters. The summed E-state index contributed by atoms with van der Waals surface area (Å²) in [6, 6.07) is 13.8. The van der Waals surface area contributed by atoms with Crippen molar-refractivity contribution in [3.8, 4) is 11.1 Å². The number of hydrogen-bond donors (Lipinski definition) is 0. The van der Waals surface area contributed by atoms with Crippen molar-refractivity contribution in [1.82, 2.24) is 0 Å². The van der Waals surface area contributed by atoms with Gasteiger partial charge in [-0.15, -0.1) is 0 Å². The smallest absolute Gasteiger partial charge is 0.0671 e. The first-order valence-corrected chi connectivity index (χ1v) is 6.07. The van der Waals surface area contributed by atoms with Gasteiger partial charge in [0.25, 0.3) is 0 Å². The standard InChI is InChI=1S/C14H13Cl2N/c1-17(2)13-9-4-3-6-10(13)11-7-5-8-12(15)14(11)16/h3-9H,1-2H3. The van der Waals surface area contributed by atoms with Gasteiger partial charge in [0.2, 0.25) is 0 Å². The lowest BCUT2D eigenvalue weighted by Gasteiger charge is -2.18. The molecule has 2 aromatic rings. The quantitative estimate of drug-likeness (QED) is 0.759. The van der Waals surface area contributed by atoms with Crippen LogP contribution in [0, 0.1) is 0 Å². The van der Waals surface area contributed by atoms with Gasteiger partial charge < -0.3 is 4.90 Å². The van der Waals surface area contributed by atoms with Crippen molar-refractivity contribution in [1.29, 1.82) is 0 Å². The van der Waals surface area contributed by atoms with Crippen LogP contribution >= 0.6 is 23.2 Å². The third-order valence-corrected chi connectivity index (χ3v) is 3.45. The maximum Gasteiger partial charge on any atom is 0.0671 e. The molecule has 0 spiro atoms. The molecule has 17 heavy (non-hydrogen) atoms. The fourth-order valence-corrected chi connectivity index (χ4v) is 2.21. The second-order valence-corrected chi connectivity index (χ2v) is 4.80. The zero-order chi connectivity index (χ0) is 12.4. The zero-order valence-corrected chi connectivity index (χ0v) is 11.3. The number of para-hydroxylation sites is 1. The Hall–Kier alpha value is -1.18. The van der Waals surface area contributed by atoms with Crippen LogP contribution < -0.4 is 4.90 Å². The van der Waals surface area contributed by atoms with Crippen molar-refractivity contribution < 1.29 is 0 Å². The molecule has 0 unspecified atom stereocenters. The normalized spacial score (nSPS) is 10.4. The zero-order valence-electron chi connectivity index (χ0n) is 9.74. The molecule has 0 saturated carbocycles. The van der Waals surface area contributed by atoms with Crippen LogP contribution in [0.3, 0.4) is 0 Å². The molecule has 0 aliphatic carbocycles. The molecule has 3 heteroatoms. The topological polar surface area (TPSA) is 3.24 Å². The molecule has 0 heterocycles. The second kappa shape index (κ2) is 4.99. The minimum atomic E-state index is 0.581. The maximum atomic E-state index is 6.25. The predicted molar refractivity (Wildman–Crippen MR) is 76.2 cm³/mol. The van der Waals surface area contributed by atoms with Gasteiger partial charge in [-0.3, -0.25) is 0 Å². The Morgan fingerprint density at radius 3 is 2.18 bits per heavy atom. The summed E-state index contributed by atoms with van der Waals surface area (Å²) in [7, 11) is 4.02. The molecule has 88 valence electrons. The fourth-order valence-electron chi connectivity index (χ4n) is 1.80. The summed E-state index contributed by atoms with van der Waals surface area (Å²) in [4.78, 5) is 2.06. The van der Waals surface area contributed by atoms with E-state index in [0.29, 0.717) is 10.0 Å². The number of halogens is 2. The van der Waals surface area contributed by atoms with Crippen LogP contribution in [0.4, 0.5) is 5.69 Å². The molecule has 0 amide bonds. The molecule has 0 saturated heterocycles. The summed E-state index contributed by atoms with van der Waals surface area (Å²) in [5, 5.41) is 1.18. The van der Waals surface area contributed by atoms with E-state index in [4.69, 9.17) is 23.2 Å². The Balaban J connectivity index is 2.64. The molecule has 1 nitrogen and oxygen atoms in total. The van der Waals surface area contributed by atoms with Crippen LogP contribution in [0.5, 0.6) is 0 Å². The first-order chi connectivity index (χ1) is 8.11. The van der Waals surface area contributed by atoms with Gasteiger partial charge in [-0.1, -0.05) is 53.5 Å². The van der Waals surface area contributed by atoms with Gasteiger partial charge in [0.1, 0.15) is 0 Å². The lowest BCUT2D eigenvalue weighted by atomic mass is 10.0. The van der Waals surface area contributed by atoms with Gasteiger partial charge >= 0.3 is 0 Å². The average molecular weight is 266 g/mol. The van der Waals surface area contributed by atoms with E-state index >= 15 is 0 Å². The van der Waals surface area contributed by atoms with Gasteiger partial charge in [-0.05, 0) is 12.1 Å². The predicted octanol–water partition coefficient (Wildman–Crippen LogP) is 4.73. The number of hydrogen-bond acceptors (Lipinski definition) is 1. The van der Waals surface area contributed by atoms with Crippen LogP contribution in [-0.4, -0.2) is 14.1 Å². The van der Waals surface area contributed by atoms with Crippen molar-refractivity contribution in [2.75, 3.05) is 19.0 Å². The summed E-state index contributed by atoms with van der Waals surface area (Å²) in [6.45, 7) is 0. The van der Waals surface area contributed by atoms with E-state index in [-0.39, 0.29) is 0 Å². The molecule has 0 bridgehead atoms. The van der Waals surface area contributed by atoms with Crippen molar-refractivity contribution >= 4 is 28.9 Å². The lowest BCUT2D eigenvalue weighted by molar-refractivity contribution is 1.13. The first-order valence-electron chi connectivity index (χ1n) is 5.32. The highest BCUT2D eigenvalue weighted by molar-refractivity contribution is 6.43. The third kappa shape index (κ3) is 2.41. The van der Waals surface area contributed by atoms with Crippen molar-refractivity contribution in [2.45, 2.75) is 0 Å². The minimum absolute atomic E-state index is 0.581. The molecule has 0 fully saturated rings. The highest BCUT2D eigenvalue weighted by atomic mass is 35.5. The summed E-state index contributed by atoms with van der Waals surface area (Å²) in [6.07, 6.45) is 0. The fraction of sp³-hybridized carbons (Fsp3) is 0.143. The lowest BCUT2D eigenvalue weighted by Crippen LogP contribution is -2.09. The monoisotopic (exact) mass is 265 g/mol. The molecule has 0 aliphatic rings. The van der Waals surface area contributed by atoms with Crippen LogP contribution in [0.15, 0.2) is 42.5 Å². The number of rotatable bonds is 2. The highest BCUT2D eigenvalue weighted by Gasteiger charge is 2.11. The van der Waals surface area contributed by atoms with Gasteiger partial charge in [0.05, 0.1) is 10.0 Å². The molecule has 0 aromatic heterocycles. The number of nitrogens with zero attached hydrogens (tertiary/aromatic N) is 1. The van der Waals surface area contributed by atoms with Crippen LogP contribution in [0.25, 0.3) is 11.1 Å². The largest absolute Gasteiger partial charge is 0.377 e. The Morgan fingerprint density at radius 1 is 0.824 bits per heavy atom. The Labute approximate surface area is 112 Å². The van der Waals surface area contributed by atoms with E-state index in [1.54, 1.807) is 6.07 Å². The van der Waals surface area contributed by atoms with Crippen LogP contribution in [-0.2, 0) is 0 Å². The highest BCUT2D eigenvalue weighted by Crippen LogP contribution is 2.37. The number of anilines is 1. The molecule has 0 radical (unpaired) electrons.